The summed E-state index contributed by atoms with van der Waals surface area (Å²) < 4.78 is 12.9. The van der Waals surface area contributed by atoms with Crippen molar-refractivity contribution in [1.29, 1.82) is 0 Å². The van der Waals surface area contributed by atoms with Crippen LogP contribution in [0, 0.1) is 0 Å². The molecule has 0 spiro atoms. The van der Waals surface area contributed by atoms with E-state index < -0.39 is 6.17 Å². The summed E-state index contributed by atoms with van der Waals surface area (Å²) in [6, 6.07) is 0.557. The van der Waals surface area contributed by atoms with E-state index in [0.29, 0.717) is 6.04 Å². The van der Waals surface area contributed by atoms with Gasteiger partial charge in [0.2, 0.25) is 0 Å². The van der Waals surface area contributed by atoms with E-state index >= 15 is 0 Å². The number of hydrogen-bond donors (Lipinski definition) is 1. The van der Waals surface area contributed by atoms with Crippen LogP contribution in [0.2, 0.25) is 0 Å². The Morgan fingerprint density at radius 3 is 2.50 bits per heavy atom. The van der Waals surface area contributed by atoms with Crippen molar-refractivity contribution >= 4 is 0 Å². The van der Waals surface area contributed by atoms with Crippen LogP contribution in [-0.2, 0) is 0 Å². The molecule has 1 N–H and O–H groups in total. The Morgan fingerprint density at radius 2 is 2.10 bits per heavy atom. The second kappa shape index (κ2) is 3.33. The maximum absolute atomic E-state index is 12.9. The van der Waals surface area contributed by atoms with Gasteiger partial charge in [0, 0.05) is 12.1 Å². The topological polar surface area (TPSA) is 12.0 Å². The van der Waals surface area contributed by atoms with Gasteiger partial charge in [-0.1, -0.05) is 13.8 Å². The molecule has 0 heterocycles. The number of hydrogen-bond acceptors (Lipinski definition) is 1. The summed E-state index contributed by atoms with van der Waals surface area (Å²) >= 11 is 0. The first-order valence-corrected chi connectivity index (χ1v) is 4.10. The SMILES string of the molecule is CC(C)N[C@@H]1CCC[C@@H]1F. The Kier molecular flexibility index (Phi) is 2.66. The summed E-state index contributed by atoms with van der Waals surface area (Å²) in [7, 11) is 0. The molecule has 2 atom stereocenters. The molecule has 0 aliphatic heterocycles. The zero-order chi connectivity index (χ0) is 7.56. The highest BCUT2D eigenvalue weighted by molar-refractivity contribution is 4.83. The molecule has 0 amide bonds. The smallest absolute Gasteiger partial charge is 0.115 e. The van der Waals surface area contributed by atoms with Crippen molar-refractivity contribution < 1.29 is 4.39 Å². The summed E-state index contributed by atoms with van der Waals surface area (Å²) in [4.78, 5) is 0. The van der Waals surface area contributed by atoms with Crippen LogP contribution in [0.15, 0.2) is 0 Å². The van der Waals surface area contributed by atoms with Gasteiger partial charge in [-0.2, -0.15) is 0 Å². The molecule has 1 aliphatic carbocycles. The molecule has 0 bridgehead atoms. The first kappa shape index (κ1) is 7.99. The van der Waals surface area contributed by atoms with Gasteiger partial charge < -0.3 is 5.32 Å². The van der Waals surface area contributed by atoms with E-state index in [1.807, 2.05) is 0 Å². The Morgan fingerprint density at radius 1 is 1.40 bits per heavy atom. The minimum Gasteiger partial charge on any atom is -0.309 e. The van der Waals surface area contributed by atoms with E-state index in [0.717, 1.165) is 19.3 Å². The van der Waals surface area contributed by atoms with Crippen molar-refractivity contribution in [3.05, 3.63) is 0 Å². The lowest BCUT2D eigenvalue weighted by molar-refractivity contribution is 0.270. The molecule has 2 heteroatoms. The third kappa shape index (κ3) is 1.94. The maximum atomic E-state index is 12.9. The fourth-order valence-electron chi connectivity index (χ4n) is 1.53. The van der Waals surface area contributed by atoms with Crippen LogP contribution in [0.1, 0.15) is 33.1 Å². The summed E-state index contributed by atoms with van der Waals surface area (Å²) in [5, 5.41) is 3.22. The standard InChI is InChI=1S/C8H16FN/c1-6(2)10-8-5-3-4-7(8)9/h6-8,10H,3-5H2,1-2H3/t7-,8+/m0/s1. The molecule has 0 radical (unpaired) electrons. The number of halogens is 1. The van der Waals surface area contributed by atoms with Crippen molar-refractivity contribution in [3.63, 3.8) is 0 Å². The Bertz CT molecular complexity index is 103. The Labute approximate surface area is 62.0 Å². The molecule has 1 saturated carbocycles. The molecule has 0 aromatic heterocycles. The number of alkyl halides is 1. The second-order valence-electron chi connectivity index (χ2n) is 3.37. The van der Waals surface area contributed by atoms with Gasteiger partial charge in [0.05, 0.1) is 0 Å². The van der Waals surface area contributed by atoms with E-state index in [1.54, 1.807) is 0 Å². The lowest BCUT2D eigenvalue weighted by Gasteiger charge is -2.17. The van der Waals surface area contributed by atoms with Crippen LogP contribution in [0.4, 0.5) is 4.39 Å². The van der Waals surface area contributed by atoms with Crippen LogP contribution >= 0.6 is 0 Å². The second-order valence-corrected chi connectivity index (χ2v) is 3.37. The lowest BCUT2D eigenvalue weighted by atomic mass is 10.2. The van der Waals surface area contributed by atoms with Gasteiger partial charge in [0.15, 0.2) is 0 Å². The molecular formula is C8H16FN. The molecule has 1 fully saturated rings. The van der Waals surface area contributed by atoms with Crippen molar-refractivity contribution in [2.24, 2.45) is 0 Å². The van der Waals surface area contributed by atoms with E-state index in [2.05, 4.69) is 19.2 Å². The van der Waals surface area contributed by atoms with Crippen LogP contribution in [0.25, 0.3) is 0 Å². The molecule has 10 heavy (non-hydrogen) atoms. The van der Waals surface area contributed by atoms with Gasteiger partial charge >= 0.3 is 0 Å². The number of rotatable bonds is 2. The molecule has 0 aromatic rings. The molecule has 1 aliphatic rings. The van der Waals surface area contributed by atoms with E-state index in [-0.39, 0.29) is 6.04 Å². The van der Waals surface area contributed by atoms with Gasteiger partial charge in [-0.3, -0.25) is 0 Å². The van der Waals surface area contributed by atoms with Crippen LogP contribution in [0.5, 0.6) is 0 Å². The van der Waals surface area contributed by atoms with Gasteiger partial charge in [-0.05, 0) is 19.3 Å². The first-order valence-electron chi connectivity index (χ1n) is 4.10. The Balaban J connectivity index is 2.26. The molecule has 60 valence electrons. The summed E-state index contributed by atoms with van der Waals surface area (Å²) in [5.74, 6) is 0. The van der Waals surface area contributed by atoms with E-state index in [9.17, 15) is 4.39 Å². The predicted octanol–water partition coefficient (Wildman–Crippen LogP) is 1.88. The molecule has 1 rings (SSSR count). The summed E-state index contributed by atoms with van der Waals surface area (Å²) in [6.45, 7) is 4.12. The maximum Gasteiger partial charge on any atom is 0.115 e. The van der Waals surface area contributed by atoms with Crippen molar-refractivity contribution in [2.45, 2.75) is 51.4 Å². The average Bonchev–Trinajstić information content (AvgIpc) is 2.15. The highest BCUT2D eigenvalue weighted by Gasteiger charge is 2.26. The molecule has 0 aromatic carbocycles. The van der Waals surface area contributed by atoms with Gasteiger partial charge in [-0.15, -0.1) is 0 Å². The fourth-order valence-corrected chi connectivity index (χ4v) is 1.53. The predicted molar refractivity (Wildman–Crippen MR) is 40.8 cm³/mol. The zero-order valence-electron chi connectivity index (χ0n) is 6.73. The third-order valence-electron chi connectivity index (χ3n) is 1.98. The zero-order valence-corrected chi connectivity index (χ0v) is 6.73. The van der Waals surface area contributed by atoms with Gasteiger partial charge in [-0.25, -0.2) is 4.39 Å². The normalized spacial score (nSPS) is 33.6. The van der Waals surface area contributed by atoms with Gasteiger partial charge in [0.1, 0.15) is 6.17 Å². The Hall–Kier alpha value is -0.110. The van der Waals surface area contributed by atoms with E-state index in [4.69, 9.17) is 0 Å². The van der Waals surface area contributed by atoms with E-state index in [1.165, 1.54) is 0 Å². The first-order chi connectivity index (χ1) is 4.70. The van der Waals surface area contributed by atoms with Gasteiger partial charge in [0.25, 0.3) is 0 Å². The highest BCUT2D eigenvalue weighted by atomic mass is 19.1. The largest absolute Gasteiger partial charge is 0.309 e. The van der Waals surface area contributed by atoms with Crippen LogP contribution < -0.4 is 5.32 Å². The summed E-state index contributed by atoms with van der Waals surface area (Å²) in [5.41, 5.74) is 0. The fraction of sp³-hybridized carbons (Fsp3) is 1.00. The average molecular weight is 145 g/mol. The van der Waals surface area contributed by atoms with Crippen molar-refractivity contribution in [2.75, 3.05) is 0 Å². The summed E-state index contributed by atoms with van der Waals surface area (Å²) in [6.07, 6.45) is 2.22. The third-order valence-corrected chi connectivity index (χ3v) is 1.98. The molecule has 0 saturated heterocycles. The number of nitrogens with one attached hydrogen (secondary N) is 1. The lowest BCUT2D eigenvalue weighted by Crippen LogP contribution is -2.38. The molecule has 1 nitrogen and oxygen atoms in total. The minimum atomic E-state index is -0.595. The monoisotopic (exact) mass is 145 g/mol. The highest BCUT2D eigenvalue weighted by Crippen LogP contribution is 2.21. The quantitative estimate of drug-likeness (QED) is 0.625. The van der Waals surface area contributed by atoms with Crippen molar-refractivity contribution in [3.8, 4) is 0 Å². The van der Waals surface area contributed by atoms with Crippen LogP contribution in [0.3, 0.4) is 0 Å². The van der Waals surface area contributed by atoms with Crippen molar-refractivity contribution in [1.82, 2.24) is 5.32 Å². The van der Waals surface area contributed by atoms with Crippen LogP contribution in [-0.4, -0.2) is 18.3 Å². The molecule has 0 unspecified atom stereocenters. The minimum absolute atomic E-state index is 0.139. The molecular weight excluding hydrogens is 129 g/mol.